The van der Waals surface area contributed by atoms with Crippen molar-refractivity contribution in [2.24, 2.45) is 0 Å². The Morgan fingerprint density at radius 3 is 1.50 bits per heavy atom. The number of benzene rings is 2. The van der Waals surface area contributed by atoms with Gasteiger partial charge >= 0.3 is 0 Å². The maximum atomic E-state index is 13.0. The highest BCUT2D eigenvalue weighted by Gasteiger charge is 2.29. The molecule has 10 nitrogen and oxygen atoms in total. The molecule has 0 aromatic heterocycles. The summed E-state index contributed by atoms with van der Waals surface area (Å²) in [6.07, 6.45) is 0.705. The molecule has 0 fully saturated rings. The molecule has 0 amide bonds. The number of fused-ring (bicyclic) bond motifs is 2. The van der Waals surface area contributed by atoms with Crippen LogP contribution in [0.4, 0.5) is 8.78 Å². The van der Waals surface area contributed by atoms with Crippen LogP contribution in [-0.2, 0) is 41.4 Å². The molecule has 0 bridgehead atoms. The Morgan fingerprint density at radius 1 is 0.789 bits per heavy atom. The molecular weight excluding hydrogens is 550 g/mol. The van der Waals surface area contributed by atoms with Gasteiger partial charge in [0.1, 0.15) is 47.5 Å². The van der Waals surface area contributed by atoms with Gasteiger partial charge in [0.15, 0.2) is 0 Å². The highest BCUT2D eigenvalue weighted by molar-refractivity contribution is 7.86. The first-order chi connectivity index (χ1) is 17.7. The van der Waals surface area contributed by atoms with E-state index in [0.29, 0.717) is 37.2 Å². The minimum Gasteiger partial charge on any atom is -0.487 e. The van der Waals surface area contributed by atoms with Crippen molar-refractivity contribution in [1.82, 2.24) is 0 Å². The lowest BCUT2D eigenvalue weighted by Gasteiger charge is -2.29. The summed E-state index contributed by atoms with van der Waals surface area (Å²) in [6, 6.07) is 8.35. The minimum atomic E-state index is -3.59. The molecule has 2 aromatic rings. The van der Waals surface area contributed by atoms with Gasteiger partial charge in [-0.3, -0.25) is 8.37 Å². The number of halogens is 2. The highest BCUT2D eigenvalue weighted by atomic mass is 32.2. The van der Waals surface area contributed by atoms with E-state index in [2.05, 4.69) is 8.37 Å². The normalized spacial score (nSPS) is 20.5. The van der Waals surface area contributed by atoms with E-state index in [1.165, 1.54) is 36.4 Å². The smallest absolute Gasteiger partial charge is 0.264 e. The largest absolute Gasteiger partial charge is 0.487 e. The van der Waals surface area contributed by atoms with Crippen LogP contribution >= 0.6 is 0 Å². The van der Waals surface area contributed by atoms with Crippen LogP contribution in [0.3, 0.4) is 0 Å². The highest BCUT2D eigenvalue weighted by Crippen LogP contribution is 2.30. The lowest BCUT2D eigenvalue weighted by Crippen LogP contribution is -2.38. The molecular formula is C24H30F2O10S2. The fourth-order valence-electron chi connectivity index (χ4n) is 3.90. The van der Waals surface area contributed by atoms with E-state index in [-0.39, 0.29) is 24.8 Å². The van der Waals surface area contributed by atoms with Gasteiger partial charge in [-0.1, -0.05) is 0 Å². The van der Waals surface area contributed by atoms with Crippen molar-refractivity contribution < 1.29 is 53.7 Å². The zero-order chi connectivity index (χ0) is 28.1. The van der Waals surface area contributed by atoms with Crippen molar-refractivity contribution in [3.63, 3.8) is 0 Å². The third-order valence-corrected chi connectivity index (χ3v) is 6.89. The van der Waals surface area contributed by atoms with E-state index < -0.39 is 44.7 Å². The molecule has 0 spiro atoms. The van der Waals surface area contributed by atoms with Crippen LogP contribution < -0.4 is 9.47 Å². The molecule has 2 N–H and O–H groups in total. The number of hydrogen-bond donors (Lipinski definition) is 2. The minimum absolute atomic E-state index is 0.332. The average molecular weight is 581 g/mol. The van der Waals surface area contributed by atoms with Crippen molar-refractivity contribution >= 4 is 20.2 Å². The fourth-order valence-corrected chi connectivity index (χ4v) is 4.67. The van der Waals surface area contributed by atoms with Gasteiger partial charge in [0, 0.05) is 0 Å². The Balaban J connectivity index is 0.000000211. The third-order valence-electron chi connectivity index (χ3n) is 5.76. The van der Waals surface area contributed by atoms with E-state index in [4.69, 9.17) is 9.47 Å². The molecule has 14 heteroatoms. The van der Waals surface area contributed by atoms with Crippen molar-refractivity contribution in [1.29, 1.82) is 0 Å². The summed E-state index contributed by atoms with van der Waals surface area (Å²) >= 11 is 0. The Bertz CT molecular complexity index is 1220. The predicted octanol–water partition coefficient (Wildman–Crippen LogP) is 1.71. The maximum absolute atomic E-state index is 13.0. The molecule has 0 radical (unpaired) electrons. The van der Waals surface area contributed by atoms with Crippen molar-refractivity contribution in [3.05, 3.63) is 59.2 Å². The first-order valence-electron chi connectivity index (χ1n) is 11.7. The first-order valence-corrected chi connectivity index (χ1v) is 15.3. The summed E-state index contributed by atoms with van der Waals surface area (Å²) < 4.78 is 89.5. The van der Waals surface area contributed by atoms with Crippen LogP contribution in [0, 0.1) is 11.6 Å². The van der Waals surface area contributed by atoms with Gasteiger partial charge < -0.3 is 19.7 Å². The van der Waals surface area contributed by atoms with Crippen molar-refractivity contribution in [2.75, 3.05) is 25.7 Å². The Labute approximate surface area is 220 Å². The van der Waals surface area contributed by atoms with E-state index in [9.17, 15) is 35.8 Å². The summed E-state index contributed by atoms with van der Waals surface area (Å²) in [7, 11) is -7.18. The summed E-state index contributed by atoms with van der Waals surface area (Å²) in [5, 5.41) is 19.7. The summed E-state index contributed by atoms with van der Waals surface area (Å²) in [5.74, 6) is 0.357. The van der Waals surface area contributed by atoms with Gasteiger partial charge in [-0.05, 0) is 73.2 Å². The van der Waals surface area contributed by atoms with Crippen LogP contribution in [-0.4, -0.2) is 77.2 Å². The lowest BCUT2D eigenvalue weighted by atomic mass is 9.99. The van der Waals surface area contributed by atoms with Gasteiger partial charge in [0.05, 0.1) is 25.7 Å². The number of rotatable bonds is 8. The van der Waals surface area contributed by atoms with Gasteiger partial charge in [-0.2, -0.15) is 16.8 Å². The maximum Gasteiger partial charge on any atom is 0.264 e. The van der Waals surface area contributed by atoms with E-state index in [1.54, 1.807) is 0 Å². The van der Waals surface area contributed by atoms with Crippen molar-refractivity contribution in [2.45, 2.75) is 50.1 Å². The molecule has 0 unspecified atom stereocenters. The lowest BCUT2D eigenvalue weighted by molar-refractivity contribution is -0.00188. The van der Waals surface area contributed by atoms with Crippen LogP contribution in [0.1, 0.15) is 24.0 Å². The predicted molar refractivity (Wildman–Crippen MR) is 132 cm³/mol. The second-order valence-corrected chi connectivity index (χ2v) is 12.3. The standard InChI is InChI=1S/2C12H15FO5S/c2*1-19(15,16)17-7-10(14)12-4-2-8-6-9(13)3-5-11(8)18-12/h2*3,5-6,10,12,14H,2,4,7H2,1H3/t2*10-,12+/m10/s1. The third kappa shape index (κ3) is 9.43. The zero-order valence-corrected chi connectivity index (χ0v) is 22.4. The van der Waals surface area contributed by atoms with Crippen LogP contribution in [0.15, 0.2) is 36.4 Å². The summed E-state index contributed by atoms with van der Waals surface area (Å²) in [4.78, 5) is 0. The first kappa shape index (κ1) is 30.2. The van der Waals surface area contributed by atoms with Gasteiger partial charge in [0.2, 0.25) is 0 Å². The van der Waals surface area contributed by atoms with E-state index in [1.807, 2.05) is 0 Å². The molecule has 2 aliphatic heterocycles. The second-order valence-electron chi connectivity index (χ2n) is 9.01. The molecule has 0 saturated heterocycles. The molecule has 0 aliphatic carbocycles. The van der Waals surface area contributed by atoms with Crippen molar-refractivity contribution in [3.8, 4) is 11.5 Å². The SMILES string of the molecule is CS(=O)(=O)OC[C@@H](O)[C@@H]1CCc2cc(F)ccc2O1.CS(=O)(=O)OC[C@H](O)[C@H]1CCc2cc(F)ccc2O1. The molecule has 212 valence electrons. The Hall–Kier alpha value is -2.36. The number of aryl methyl sites for hydroxylation is 2. The second kappa shape index (κ2) is 12.7. The summed E-state index contributed by atoms with van der Waals surface area (Å²) in [5.41, 5.74) is 1.49. The zero-order valence-electron chi connectivity index (χ0n) is 20.7. The topological polar surface area (TPSA) is 146 Å². The average Bonchev–Trinajstić information content (AvgIpc) is 2.84. The van der Waals surface area contributed by atoms with Gasteiger partial charge in [-0.15, -0.1) is 0 Å². The molecule has 0 saturated carbocycles. The van der Waals surface area contributed by atoms with Crippen LogP contribution in [0.25, 0.3) is 0 Å². The molecule has 4 atom stereocenters. The number of aliphatic hydroxyl groups excluding tert-OH is 2. The van der Waals surface area contributed by atoms with Crippen LogP contribution in [0.2, 0.25) is 0 Å². The fraction of sp³-hybridized carbons (Fsp3) is 0.500. The quantitative estimate of drug-likeness (QED) is 0.443. The van der Waals surface area contributed by atoms with E-state index >= 15 is 0 Å². The molecule has 4 rings (SSSR count). The molecule has 2 heterocycles. The number of ether oxygens (including phenoxy) is 2. The molecule has 38 heavy (non-hydrogen) atoms. The Morgan fingerprint density at radius 2 is 1.16 bits per heavy atom. The summed E-state index contributed by atoms with van der Waals surface area (Å²) in [6.45, 7) is -0.694. The molecule has 2 aromatic carbocycles. The number of hydrogen-bond acceptors (Lipinski definition) is 10. The van der Waals surface area contributed by atoms with E-state index in [0.717, 1.165) is 23.6 Å². The van der Waals surface area contributed by atoms with Gasteiger partial charge in [-0.25, -0.2) is 8.78 Å². The van der Waals surface area contributed by atoms with Gasteiger partial charge in [0.25, 0.3) is 20.2 Å². The molecule has 2 aliphatic rings. The van der Waals surface area contributed by atoms with Crippen LogP contribution in [0.5, 0.6) is 11.5 Å². The number of aliphatic hydroxyl groups is 2. The monoisotopic (exact) mass is 580 g/mol. The Kier molecular flexibility index (Phi) is 10.1.